The maximum Gasteiger partial charge on any atom is 0.262 e. The van der Waals surface area contributed by atoms with Crippen LogP contribution in [0, 0.1) is 0 Å². The average Bonchev–Trinajstić information content (AvgIpc) is 2.36. The van der Waals surface area contributed by atoms with Gasteiger partial charge in [-0.15, -0.1) is 0 Å². The van der Waals surface area contributed by atoms with Crippen LogP contribution in [0.25, 0.3) is 0 Å². The van der Waals surface area contributed by atoms with Crippen LogP contribution >= 0.6 is 0 Å². The van der Waals surface area contributed by atoms with E-state index < -0.39 is 15.6 Å². The van der Waals surface area contributed by atoms with Crippen LogP contribution in [0.1, 0.15) is 27.2 Å². The molecule has 7 heteroatoms. The minimum Gasteiger partial charge on any atom is -0.482 e. The first-order valence-corrected chi connectivity index (χ1v) is 7.82. The van der Waals surface area contributed by atoms with E-state index in [4.69, 9.17) is 4.74 Å². The number of rotatable bonds is 4. The first-order chi connectivity index (χ1) is 9.23. The molecule has 2 N–H and O–H groups in total. The Morgan fingerprint density at radius 3 is 2.75 bits per heavy atom. The van der Waals surface area contributed by atoms with Gasteiger partial charge in [-0.1, -0.05) is 6.92 Å². The number of hydrogen-bond acceptors (Lipinski definition) is 4. The van der Waals surface area contributed by atoms with E-state index in [1.54, 1.807) is 6.07 Å². The number of amides is 1. The molecule has 2 rings (SSSR count). The molecule has 0 aliphatic carbocycles. The summed E-state index contributed by atoms with van der Waals surface area (Å²) in [4.78, 5) is 11.4. The van der Waals surface area contributed by atoms with E-state index in [1.807, 2.05) is 20.8 Å². The lowest BCUT2D eigenvalue weighted by Crippen LogP contribution is -2.42. The van der Waals surface area contributed by atoms with E-state index in [0.29, 0.717) is 17.9 Å². The number of carbonyl (C=O) groups excluding carboxylic acids is 1. The van der Waals surface area contributed by atoms with Crippen molar-refractivity contribution in [3.05, 3.63) is 18.2 Å². The summed E-state index contributed by atoms with van der Waals surface area (Å²) in [6.07, 6.45) is 0.664. The number of ether oxygens (including phenoxy) is 1. The molecule has 1 aromatic rings. The third-order valence-electron chi connectivity index (χ3n) is 3.19. The van der Waals surface area contributed by atoms with Crippen molar-refractivity contribution in [2.24, 2.45) is 0 Å². The highest BCUT2D eigenvalue weighted by Gasteiger charge is 2.26. The lowest BCUT2D eigenvalue weighted by atomic mass is 10.0. The first-order valence-electron chi connectivity index (χ1n) is 6.34. The second-order valence-electron chi connectivity index (χ2n) is 5.34. The molecule has 1 aromatic carbocycles. The molecular weight excluding hydrogens is 280 g/mol. The normalized spacial score (nSPS) is 15.2. The van der Waals surface area contributed by atoms with Crippen LogP contribution in [0.3, 0.4) is 0 Å². The van der Waals surface area contributed by atoms with Gasteiger partial charge in [0, 0.05) is 5.54 Å². The van der Waals surface area contributed by atoms with Crippen LogP contribution < -0.4 is 14.8 Å². The Labute approximate surface area is 118 Å². The summed E-state index contributed by atoms with van der Waals surface area (Å²) in [7, 11) is -3.64. The molecule has 0 aromatic heterocycles. The Hall–Kier alpha value is -1.60. The summed E-state index contributed by atoms with van der Waals surface area (Å²) < 4.78 is 32.5. The maximum atomic E-state index is 12.3. The summed E-state index contributed by atoms with van der Waals surface area (Å²) in [5, 5.41) is 2.59. The van der Waals surface area contributed by atoms with Crippen molar-refractivity contribution in [2.75, 3.05) is 11.9 Å². The molecule has 110 valence electrons. The number of nitrogens with one attached hydrogen (secondary N) is 2. The Morgan fingerprint density at radius 1 is 1.40 bits per heavy atom. The van der Waals surface area contributed by atoms with E-state index in [0.717, 1.165) is 0 Å². The third kappa shape index (κ3) is 3.10. The zero-order valence-electron chi connectivity index (χ0n) is 11.7. The summed E-state index contributed by atoms with van der Waals surface area (Å²) in [5.74, 6) is 0.173. The molecule has 0 unspecified atom stereocenters. The number of sulfonamides is 1. The zero-order chi connectivity index (χ0) is 15.0. The molecule has 6 nitrogen and oxygen atoms in total. The summed E-state index contributed by atoms with van der Waals surface area (Å²) in [6.45, 7) is 5.48. The molecule has 1 aliphatic heterocycles. The van der Waals surface area contributed by atoms with E-state index in [1.165, 1.54) is 12.1 Å². The predicted octanol–water partition coefficient (Wildman–Crippen LogP) is 1.48. The average molecular weight is 298 g/mol. The quantitative estimate of drug-likeness (QED) is 0.882. The van der Waals surface area contributed by atoms with E-state index in [-0.39, 0.29) is 17.4 Å². The summed E-state index contributed by atoms with van der Waals surface area (Å²) in [6, 6.07) is 4.41. The smallest absolute Gasteiger partial charge is 0.262 e. The number of fused-ring (bicyclic) bond motifs is 1. The third-order valence-corrected chi connectivity index (χ3v) is 4.88. The number of hydrogen-bond donors (Lipinski definition) is 2. The van der Waals surface area contributed by atoms with Crippen molar-refractivity contribution in [1.29, 1.82) is 0 Å². The highest BCUT2D eigenvalue weighted by molar-refractivity contribution is 7.89. The molecule has 1 heterocycles. The lowest BCUT2D eigenvalue weighted by molar-refractivity contribution is -0.118. The highest BCUT2D eigenvalue weighted by atomic mass is 32.2. The SMILES string of the molecule is CCC(C)(C)NS(=O)(=O)c1ccc2c(c1)NC(=O)CO2. The molecule has 0 fully saturated rings. The number of carbonyl (C=O) groups is 1. The van der Waals surface area contributed by atoms with Crippen molar-refractivity contribution in [1.82, 2.24) is 4.72 Å². The first kappa shape index (κ1) is 14.8. The monoisotopic (exact) mass is 298 g/mol. The maximum absolute atomic E-state index is 12.3. The van der Waals surface area contributed by atoms with Crippen molar-refractivity contribution < 1.29 is 17.9 Å². The van der Waals surface area contributed by atoms with Gasteiger partial charge in [-0.25, -0.2) is 13.1 Å². The minimum absolute atomic E-state index is 0.0553. The van der Waals surface area contributed by atoms with Gasteiger partial charge in [-0.05, 0) is 38.5 Å². The Balaban J connectivity index is 2.34. The van der Waals surface area contributed by atoms with Gasteiger partial charge in [0.1, 0.15) is 5.75 Å². The molecule has 0 bridgehead atoms. The van der Waals surface area contributed by atoms with Crippen LogP contribution in [0.15, 0.2) is 23.1 Å². The fraction of sp³-hybridized carbons (Fsp3) is 0.462. The van der Waals surface area contributed by atoms with E-state index in [2.05, 4.69) is 10.0 Å². The molecule has 0 saturated carbocycles. The Kier molecular flexibility index (Phi) is 3.75. The lowest BCUT2D eigenvalue weighted by Gasteiger charge is -2.25. The molecular formula is C13H18N2O4S. The van der Waals surface area contributed by atoms with Gasteiger partial charge in [-0.3, -0.25) is 4.79 Å². The van der Waals surface area contributed by atoms with Crippen molar-refractivity contribution >= 4 is 21.6 Å². The molecule has 0 spiro atoms. The highest BCUT2D eigenvalue weighted by Crippen LogP contribution is 2.30. The van der Waals surface area contributed by atoms with Gasteiger partial charge >= 0.3 is 0 Å². The standard InChI is InChI=1S/C13H18N2O4S/c1-4-13(2,3)15-20(17,18)9-5-6-11-10(7-9)14-12(16)8-19-11/h5-7,15H,4,8H2,1-3H3,(H,14,16). The van der Waals surface area contributed by atoms with Crippen LogP contribution in [0.2, 0.25) is 0 Å². The van der Waals surface area contributed by atoms with Gasteiger partial charge in [0.25, 0.3) is 5.91 Å². The topological polar surface area (TPSA) is 84.5 Å². The summed E-state index contributed by atoms with van der Waals surface area (Å²) in [5.41, 5.74) is -0.160. The zero-order valence-corrected chi connectivity index (χ0v) is 12.5. The molecule has 0 atom stereocenters. The van der Waals surface area contributed by atoms with Gasteiger partial charge in [0.15, 0.2) is 6.61 Å². The van der Waals surface area contributed by atoms with Gasteiger partial charge < -0.3 is 10.1 Å². The van der Waals surface area contributed by atoms with Crippen LogP contribution in [-0.4, -0.2) is 26.5 Å². The van der Waals surface area contributed by atoms with Crippen LogP contribution in [-0.2, 0) is 14.8 Å². The number of benzene rings is 1. The largest absolute Gasteiger partial charge is 0.482 e. The second-order valence-corrected chi connectivity index (χ2v) is 7.02. The molecule has 0 radical (unpaired) electrons. The van der Waals surface area contributed by atoms with Crippen molar-refractivity contribution in [3.8, 4) is 5.75 Å². The van der Waals surface area contributed by atoms with E-state index >= 15 is 0 Å². The van der Waals surface area contributed by atoms with E-state index in [9.17, 15) is 13.2 Å². The fourth-order valence-electron chi connectivity index (χ4n) is 1.72. The molecule has 0 saturated heterocycles. The van der Waals surface area contributed by atoms with Crippen LogP contribution in [0.5, 0.6) is 5.75 Å². The van der Waals surface area contributed by atoms with Crippen LogP contribution in [0.4, 0.5) is 5.69 Å². The van der Waals surface area contributed by atoms with Gasteiger partial charge in [0.05, 0.1) is 10.6 Å². The van der Waals surface area contributed by atoms with Crippen molar-refractivity contribution in [3.63, 3.8) is 0 Å². The van der Waals surface area contributed by atoms with Crippen molar-refractivity contribution in [2.45, 2.75) is 37.6 Å². The predicted molar refractivity (Wildman–Crippen MR) is 75.3 cm³/mol. The molecule has 1 amide bonds. The van der Waals surface area contributed by atoms with Gasteiger partial charge in [-0.2, -0.15) is 0 Å². The Bertz CT molecular complexity index is 638. The summed E-state index contributed by atoms with van der Waals surface area (Å²) >= 11 is 0. The fourth-order valence-corrected chi connectivity index (χ4v) is 3.23. The Morgan fingerprint density at radius 2 is 2.10 bits per heavy atom. The minimum atomic E-state index is -3.64. The molecule has 20 heavy (non-hydrogen) atoms. The number of anilines is 1. The second kappa shape index (κ2) is 5.06. The van der Waals surface area contributed by atoms with Gasteiger partial charge in [0.2, 0.25) is 10.0 Å². The molecule has 1 aliphatic rings.